The van der Waals surface area contributed by atoms with Crippen molar-refractivity contribution in [2.24, 2.45) is 0 Å². The summed E-state index contributed by atoms with van der Waals surface area (Å²) in [4.78, 5) is 10.9. The van der Waals surface area contributed by atoms with E-state index in [1.54, 1.807) is 13.8 Å². The van der Waals surface area contributed by atoms with Crippen LogP contribution in [0.2, 0.25) is 0 Å². The largest absolute Gasteiger partial charge is 0.493 e. The fraction of sp³-hybridized carbons (Fsp3) is 0.462. The summed E-state index contributed by atoms with van der Waals surface area (Å²) < 4.78 is 19.6. The first-order valence-corrected chi connectivity index (χ1v) is 6.25. The summed E-state index contributed by atoms with van der Waals surface area (Å²) in [5.74, 6) is -1.31. The minimum atomic E-state index is -0.929. The van der Waals surface area contributed by atoms with E-state index in [0.29, 0.717) is 10.0 Å². The molecule has 0 aromatic heterocycles. The van der Waals surface area contributed by atoms with Gasteiger partial charge in [-0.2, -0.15) is 0 Å². The van der Waals surface area contributed by atoms with Gasteiger partial charge in [0, 0.05) is 15.5 Å². The Morgan fingerprint density at radius 2 is 2.11 bits per heavy atom. The summed E-state index contributed by atoms with van der Waals surface area (Å²) in [7, 11) is 1.38. The van der Waals surface area contributed by atoms with Crippen molar-refractivity contribution in [1.82, 2.24) is 0 Å². The fourth-order valence-electron chi connectivity index (χ4n) is 2.18. The smallest absolute Gasteiger partial charge is 0.304 e. The number of carboxylic acid groups (broad SMARTS) is 1. The molecule has 0 unspecified atom stereocenters. The molecule has 5 heteroatoms. The second-order valence-electron chi connectivity index (χ2n) is 4.83. The molecule has 0 atom stereocenters. The fourth-order valence-corrected chi connectivity index (χ4v) is 2.57. The van der Waals surface area contributed by atoms with E-state index in [2.05, 4.69) is 15.9 Å². The molecule has 1 aromatic rings. The lowest BCUT2D eigenvalue weighted by Crippen LogP contribution is -2.24. The molecule has 0 spiro atoms. The van der Waals surface area contributed by atoms with Gasteiger partial charge in [-0.25, -0.2) is 4.39 Å². The van der Waals surface area contributed by atoms with E-state index in [1.165, 1.54) is 13.2 Å². The molecule has 0 aliphatic carbocycles. The molecule has 0 fully saturated rings. The third-order valence-corrected chi connectivity index (χ3v) is 3.73. The van der Waals surface area contributed by atoms with Gasteiger partial charge in [0.1, 0.15) is 0 Å². The van der Waals surface area contributed by atoms with Gasteiger partial charge in [-0.3, -0.25) is 4.79 Å². The lowest BCUT2D eigenvalue weighted by Gasteiger charge is -2.28. The molecule has 0 aliphatic rings. The normalized spacial score (nSPS) is 11.4. The molecular weight excluding hydrogens is 303 g/mol. The van der Waals surface area contributed by atoms with Crippen molar-refractivity contribution in [3.05, 3.63) is 27.5 Å². The third kappa shape index (κ3) is 2.83. The van der Waals surface area contributed by atoms with Crippen LogP contribution in [-0.2, 0) is 10.2 Å². The van der Waals surface area contributed by atoms with Gasteiger partial charge in [-0.1, -0.05) is 29.8 Å². The zero-order chi connectivity index (χ0) is 14.1. The average Bonchev–Trinajstić information content (AvgIpc) is 2.20. The quantitative estimate of drug-likeness (QED) is 0.921. The summed E-state index contributed by atoms with van der Waals surface area (Å²) in [5.41, 5.74) is 0.657. The summed E-state index contributed by atoms with van der Waals surface area (Å²) in [6, 6.07) is 1.33. The minimum Gasteiger partial charge on any atom is -0.493 e. The van der Waals surface area contributed by atoms with Crippen LogP contribution in [0.4, 0.5) is 4.39 Å². The van der Waals surface area contributed by atoms with Crippen LogP contribution in [0, 0.1) is 12.7 Å². The maximum absolute atomic E-state index is 13.9. The van der Waals surface area contributed by atoms with Crippen LogP contribution in [0.15, 0.2) is 10.5 Å². The predicted molar refractivity (Wildman–Crippen MR) is 70.7 cm³/mol. The van der Waals surface area contributed by atoms with Crippen molar-refractivity contribution in [1.29, 1.82) is 0 Å². The van der Waals surface area contributed by atoms with E-state index in [9.17, 15) is 9.18 Å². The molecule has 0 saturated carbocycles. The molecule has 1 rings (SSSR count). The molecule has 1 N–H and O–H groups in total. The number of hydrogen-bond donors (Lipinski definition) is 1. The molecule has 18 heavy (non-hydrogen) atoms. The molecule has 0 heterocycles. The van der Waals surface area contributed by atoms with Crippen molar-refractivity contribution in [3.8, 4) is 5.75 Å². The van der Waals surface area contributed by atoms with Crippen LogP contribution in [0.3, 0.4) is 0 Å². The zero-order valence-electron chi connectivity index (χ0n) is 10.8. The Balaban J connectivity index is 3.51. The number of aliphatic carboxylic acids is 1. The number of ether oxygens (including phenoxy) is 1. The molecule has 1 aromatic carbocycles. The molecule has 0 amide bonds. The first-order valence-electron chi connectivity index (χ1n) is 5.45. The second kappa shape index (κ2) is 5.26. The van der Waals surface area contributed by atoms with Gasteiger partial charge < -0.3 is 9.84 Å². The van der Waals surface area contributed by atoms with E-state index in [-0.39, 0.29) is 12.2 Å². The summed E-state index contributed by atoms with van der Waals surface area (Å²) in [5, 5.41) is 8.96. The van der Waals surface area contributed by atoms with Gasteiger partial charge in [-0.15, -0.1) is 0 Å². The highest BCUT2D eigenvalue weighted by Crippen LogP contribution is 2.41. The highest BCUT2D eigenvalue weighted by molar-refractivity contribution is 9.10. The van der Waals surface area contributed by atoms with Crippen LogP contribution in [-0.4, -0.2) is 18.2 Å². The van der Waals surface area contributed by atoms with Crippen LogP contribution < -0.4 is 4.74 Å². The van der Waals surface area contributed by atoms with Crippen LogP contribution in [0.1, 0.15) is 31.4 Å². The lowest BCUT2D eigenvalue weighted by atomic mass is 9.78. The predicted octanol–water partition coefficient (Wildman–Crippen LogP) is 3.66. The number of halogens is 2. The lowest BCUT2D eigenvalue weighted by molar-refractivity contribution is -0.138. The molecular formula is C13H16BrFO3. The Kier molecular flexibility index (Phi) is 4.37. The Bertz CT molecular complexity index is 484. The van der Waals surface area contributed by atoms with Crippen LogP contribution >= 0.6 is 15.9 Å². The summed E-state index contributed by atoms with van der Waals surface area (Å²) in [6.07, 6.45) is -0.0971. The van der Waals surface area contributed by atoms with Gasteiger partial charge >= 0.3 is 5.97 Å². The topological polar surface area (TPSA) is 46.5 Å². The summed E-state index contributed by atoms with van der Waals surface area (Å²) >= 11 is 3.28. The van der Waals surface area contributed by atoms with Crippen molar-refractivity contribution in [2.45, 2.75) is 32.6 Å². The molecule has 0 radical (unpaired) electrons. The molecule has 0 saturated heterocycles. The van der Waals surface area contributed by atoms with Crippen molar-refractivity contribution >= 4 is 21.9 Å². The van der Waals surface area contributed by atoms with Gasteiger partial charge in [0.25, 0.3) is 0 Å². The van der Waals surface area contributed by atoms with Crippen molar-refractivity contribution in [3.63, 3.8) is 0 Å². The standard InChI is InChI=1S/C13H16BrFO3/c1-7-8(14)5-9(15)12(18-4)11(7)13(2,3)6-10(16)17/h5H,6H2,1-4H3,(H,16,17). The Morgan fingerprint density at radius 1 is 1.56 bits per heavy atom. The maximum Gasteiger partial charge on any atom is 0.304 e. The summed E-state index contributed by atoms with van der Waals surface area (Å²) in [6.45, 7) is 5.33. The molecule has 0 bridgehead atoms. The van der Waals surface area contributed by atoms with Gasteiger partial charge in [-0.05, 0) is 18.6 Å². The van der Waals surface area contributed by atoms with Crippen LogP contribution in [0.25, 0.3) is 0 Å². The second-order valence-corrected chi connectivity index (χ2v) is 5.68. The van der Waals surface area contributed by atoms with Crippen molar-refractivity contribution < 1.29 is 19.0 Å². The number of carboxylic acids is 1. The molecule has 0 aliphatic heterocycles. The number of carbonyl (C=O) groups is 1. The number of benzene rings is 1. The molecule has 100 valence electrons. The van der Waals surface area contributed by atoms with E-state index in [1.807, 2.05) is 6.92 Å². The third-order valence-electron chi connectivity index (χ3n) is 2.90. The van der Waals surface area contributed by atoms with Gasteiger partial charge in [0.2, 0.25) is 0 Å². The first-order chi connectivity index (χ1) is 8.20. The average molecular weight is 319 g/mol. The van der Waals surface area contributed by atoms with E-state index in [4.69, 9.17) is 9.84 Å². The van der Waals surface area contributed by atoms with Crippen LogP contribution in [0.5, 0.6) is 5.75 Å². The highest BCUT2D eigenvalue weighted by atomic mass is 79.9. The monoisotopic (exact) mass is 318 g/mol. The number of methoxy groups -OCH3 is 1. The first kappa shape index (κ1) is 15.0. The minimum absolute atomic E-state index is 0.0971. The SMILES string of the molecule is COc1c(F)cc(Br)c(C)c1C(C)(C)CC(=O)O. The van der Waals surface area contributed by atoms with E-state index < -0.39 is 17.2 Å². The Morgan fingerprint density at radius 3 is 2.56 bits per heavy atom. The van der Waals surface area contributed by atoms with E-state index in [0.717, 1.165) is 5.56 Å². The highest BCUT2D eigenvalue weighted by Gasteiger charge is 2.31. The zero-order valence-corrected chi connectivity index (χ0v) is 12.4. The van der Waals surface area contributed by atoms with Gasteiger partial charge in [0.15, 0.2) is 11.6 Å². The number of hydrogen-bond acceptors (Lipinski definition) is 2. The number of rotatable bonds is 4. The Hall–Kier alpha value is -1.10. The van der Waals surface area contributed by atoms with E-state index >= 15 is 0 Å². The van der Waals surface area contributed by atoms with Gasteiger partial charge in [0.05, 0.1) is 13.5 Å². The Labute approximate surface area is 114 Å². The van der Waals surface area contributed by atoms with Crippen molar-refractivity contribution in [2.75, 3.05) is 7.11 Å². The molecule has 3 nitrogen and oxygen atoms in total. The maximum atomic E-state index is 13.9.